The lowest BCUT2D eigenvalue weighted by Gasteiger charge is -2.37. The molecule has 0 spiro atoms. The number of rotatable bonds is 7. The summed E-state index contributed by atoms with van der Waals surface area (Å²) in [5, 5.41) is 0. The molecule has 2 aromatic carbocycles. The van der Waals surface area contributed by atoms with E-state index in [4.69, 9.17) is 26.4 Å². The summed E-state index contributed by atoms with van der Waals surface area (Å²) in [6.45, 7) is 2.33. The van der Waals surface area contributed by atoms with Gasteiger partial charge in [0.1, 0.15) is 10.1 Å². The van der Waals surface area contributed by atoms with Crippen molar-refractivity contribution >= 4 is 28.3 Å². The Kier molecular flexibility index (Phi) is 6.82. The van der Waals surface area contributed by atoms with Crippen LogP contribution in [0.1, 0.15) is 11.1 Å². The fourth-order valence-electron chi connectivity index (χ4n) is 3.06. The third-order valence-electron chi connectivity index (χ3n) is 4.41. The molecule has 0 amide bonds. The average molecular weight is 405 g/mol. The minimum Gasteiger partial charge on any atom is -0.496 e. The van der Waals surface area contributed by atoms with Crippen molar-refractivity contribution in [3.63, 3.8) is 0 Å². The Labute approximate surface area is 170 Å². The number of hydrogen-bond donors (Lipinski definition) is 0. The van der Waals surface area contributed by atoms with Crippen LogP contribution in [0, 0.1) is 0 Å². The molecule has 144 valence electrons. The highest BCUT2D eigenvalue weighted by atomic mass is 32.2. The van der Waals surface area contributed by atoms with E-state index in [2.05, 4.69) is 15.9 Å². The molecule has 2 aromatic rings. The van der Waals surface area contributed by atoms with Crippen molar-refractivity contribution in [1.29, 1.82) is 0 Å². The van der Waals surface area contributed by atoms with E-state index >= 15 is 0 Å². The van der Waals surface area contributed by atoms with Gasteiger partial charge in [0.15, 0.2) is 11.5 Å². The van der Waals surface area contributed by atoms with Crippen LogP contribution < -0.4 is 14.2 Å². The highest BCUT2D eigenvalue weighted by molar-refractivity contribution is 8.22. The topological polar surface area (TPSA) is 34.2 Å². The van der Waals surface area contributed by atoms with Crippen molar-refractivity contribution in [2.45, 2.75) is 13.1 Å². The van der Waals surface area contributed by atoms with Gasteiger partial charge in [-0.25, -0.2) is 0 Å². The number of thiocarbonyl (C=S) groups is 1. The van der Waals surface area contributed by atoms with E-state index in [-0.39, 0.29) is 0 Å². The van der Waals surface area contributed by atoms with Gasteiger partial charge in [0.2, 0.25) is 0 Å². The number of thioether (sulfide) groups is 1. The molecular weight excluding hydrogens is 380 g/mol. The quantitative estimate of drug-likeness (QED) is 0.646. The van der Waals surface area contributed by atoms with Crippen LogP contribution in [0.15, 0.2) is 42.5 Å². The molecule has 1 aliphatic rings. The lowest BCUT2D eigenvalue weighted by atomic mass is 10.2. The van der Waals surface area contributed by atoms with E-state index in [1.807, 2.05) is 36.4 Å². The number of ether oxygens (including phenoxy) is 3. The molecule has 0 bridgehead atoms. The molecule has 0 aromatic heterocycles. The van der Waals surface area contributed by atoms with Crippen LogP contribution in [0.4, 0.5) is 0 Å². The van der Waals surface area contributed by atoms with E-state index < -0.39 is 0 Å². The first-order valence-corrected chi connectivity index (χ1v) is 10.0. The van der Waals surface area contributed by atoms with Crippen LogP contribution in [-0.2, 0) is 13.1 Å². The summed E-state index contributed by atoms with van der Waals surface area (Å²) >= 11 is 7.27. The van der Waals surface area contributed by atoms with Gasteiger partial charge in [0.25, 0.3) is 0 Å². The SMILES string of the molecule is COc1ccccc1CN1CSC(=S)N(Cc2ccc(OC)c(OC)c2)C1. The van der Waals surface area contributed by atoms with E-state index in [1.165, 1.54) is 5.56 Å². The van der Waals surface area contributed by atoms with Gasteiger partial charge in [0, 0.05) is 18.7 Å². The average Bonchev–Trinajstić information content (AvgIpc) is 2.70. The smallest absolute Gasteiger partial charge is 0.161 e. The standard InChI is InChI=1S/C20H24N2O3S2/c1-23-17-7-5-4-6-16(17)12-21-13-22(20(26)27-14-21)11-15-8-9-18(24-2)19(10-15)25-3/h4-10H,11-14H2,1-3H3. The lowest BCUT2D eigenvalue weighted by molar-refractivity contribution is 0.199. The van der Waals surface area contributed by atoms with Crippen molar-refractivity contribution < 1.29 is 14.2 Å². The fourth-order valence-corrected chi connectivity index (χ4v) is 4.11. The van der Waals surface area contributed by atoms with Crippen molar-refractivity contribution in [3.8, 4) is 17.2 Å². The lowest BCUT2D eigenvalue weighted by Crippen LogP contribution is -2.43. The monoisotopic (exact) mass is 404 g/mol. The van der Waals surface area contributed by atoms with Crippen LogP contribution in [0.3, 0.4) is 0 Å². The summed E-state index contributed by atoms with van der Waals surface area (Å²) in [5.74, 6) is 3.26. The van der Waals surface area contributed by atoms with Gasteiger partial charge in [0.05, 0.1) is 33.9 Å². The first-order valence-electron chi connectivity index (χ1n) is 8.61. The Balaban J connectivity index is 1.69. The Morgan fingerprint density at radius 3 is 2.41 bits per heavy atom. The Morgan fingerprint density at radius 1 is 0.926 bits per heavy atom. The van der Waals surface area contributed by atoms with Crippen LogP contribution >= 0.6 is 24.0 Å². The van der Waals surface area contributed by atoms with E-state index in [0.717, 1.165) is 52.8 Å². The maximum absolute atomic E-state index is 5.58. The number of para-hydroxylation sites is 1. The predicted molar refractivity (Wildman–Crippen MR) is 114 cm³/mol. The molecule has 5 nitrogen and oxygen atoms in total. The van der Waals surface area contributed by atoms with Crippen molar-refractivity contribution in [2.24, 2.45) is 0 Å². The molecular formula is C20H24N2O3S2. The van der Waals surface area contributed by atoms with Crippen LogP contribution in [0.5, 0.6) is 17.2 Å². The molecule has 0 aliphatic carbocycles. The van der Waals surface area contributed by atoms with Gasteiger partial charge < -0.3 is 19.1 Å². The number of hydrogen-bond acceptors (Lipinski definition) is 6. The van der Waals surface area contributed by atoms with Gasteiger partial charge in [-0.15, -0.1) is 0 Å². The second kappa shape index (κ2) is 9.30. The first-order chi connectivity index (χ1) is 13.1. The van der Waals surface area contributed by atoms with Crippen molar-refractivity contribution in [3.05, 3.63) is 53.6 Å². The molecule has 0 radical (unpaired) electrons. The summed E-state index contributed by atoms with van der Waals surface area (Å²) < 4.78 is 17.1. The van der Waals surface area contributed by atoms with Crippen LogP contribution in [-0.4, -0.2) is 48.0 Å². The number of methoxy groups -OCH3 is 3. The van der Waals surface area contributed by atoms with Crippen LogP contribution in [0.2, 0.25) is 0 Å². The van der Waals surface area contributed by atoms with E-state index in [1.54, 1.807) is 33.1 Å². The molecule has 27 heavy (non-hydrogen) atoms. The predicted octanol–water partition coefficient (Wildman–Crippen LogP) is 3.96. The molecule has 1 saturated heterocycles. The minimum atomic E-state index is 0.731. The summed E-state index contributed by atoms with van der Waals surface area (Å²) in [6.07, 6.45) is 0. The fraction of sp³-hybridized carbons (Fsp3) is 0.350. The normalized spacial score (nSPS) is 14.9. The Hall–Kier alpha value is -1.96. The minimum absolute atomic E-state index is 0.731. The van der Waals surface area contributed by atoms with Gasteiger partial charge in [-0.2, -0.15) is 0 Å². The molecule has 0 unspecified atom stereocenters. The molecule has 0 N–H and O–H groups in total. The largest absolute Gasteiger partial charge is 0.496 e. The zero-order chi connectivity index (χ0) is 19.2. The Bertz CT molecular complexity index is 801. The second-order valence-electron chi connectivity index (χ2n) is 6.21. The van der Waals surface area contributed by atoms with Crippen molar-refractivity contribution in [2.75, 3.05) is 33.9 Å². The third kappa shape index (κ3) is 4.86. The molecule has 0 saturated carbocycles. The Morgan fingerprint density at radius 2 is 1.67 bits per heavy atom. The zero-order valence-electron chi connectivity index (χ0n) is 15.8. The molecule has 7 heteroatoms. The van der Waals surface area contributed by atoms with E-state index in [0.29, 0.717) is 0 Å². The summed E-state index contributed by atoms with van der Waals surface area (Å²) in [6, 6.07) is 14.1. The van der Waals surface area contributed by atoms with Gasteiger partial charge in [-0.1, -0.05) is 48.2 Å². The third-order valence-corrected chi connectivity index (χ3v) is 6.02. The van der Waals surface area contributed by atoms with Crippen LogP contribution in [0.25, 0.3) is 0 Å². The summed E-state index contributed by atoms with van der Waals surface area (Å²) in [4.78, 5) is 4.57. The molecule has 1 aliphatic heterocycles. The van der Waals surface area contributed by atoms with Gasteiger partial charge >= 0.3 is 0 Å². The number of nitrogens with zero attached hydrogens (tertiary/aromatic N) is 2. The maximum Gasteiger partial charge on any atom is 0.161 e. The summed E-state index contributed by atoms with van der Waals surface area (Å²) in [7, 11) is 5.00. The molecule has 1 fully saturated rings. The number of benzene rings is 2. The van der Waals surface area contributed by atoms with Gasteiger partial charge in [-0.05, 0) is 23.8 Å². The molecule has 1 heterocycles. The maximum atomic E-state index is 5.58. The summed E-state index contributed by atoms with van der Waals surface area (Å²) in [5.41, 5.74) is 2.31. The highest BCUT2D eigenvalue weighted by Crippen LogP contribution is 2.30. The first kappa shape index (κ1) is 19.8. The molecule has 0 atom stereocenters. The van der Waals surface area contributed by atoms with Crippen molar-refractivity contribution in [1.82, 2.24) is 9.80 Å². The molecule has 3 rings (SSSR count). The van der Waals surface area contributed by atoms with E-state index in [9.17, 15) is 0 Å². The second-order valence-corrected chi connectivity index (χ2v) is 7.79. The highest BCUT2D eigenvalue weighted by Gasteiger charge is 2.23. The zero-order valence-corrected chi connectivity index (χ0v) is 17.4. The van der Waals surface area contributed by atoms with Gasteiger partial charge in [-0.3, -0.25) is 4.90 Å².